The second-order valence-corrected chi connectivity index (χ2v) is 11.9. The third-order valence-corrected chi connectivity index (χ3v) is 9.60. The molecule has 1 saturated heterocycles. The molecule has 0 amide bonds. The maximum absolute atomic E-state index is 13.4. The smallest absolute Gasteiger partial charge is 0.269 e. The molecule has 10 heteroatoms. The molecule has 1 aliphatic carbocycles. The number of pyridine rings is 1. The third-order valence-electron chi connectivity index (χ3n) is 7.92. The van der Waals surface area contributed by atoms with E-state index in [9.17, 15) is 8.42 Å². The van der Waals surface area contributed by atoms with Gasteiger partial charge in [-0.3, -0.25) is 0 Å². The molecule has 0 unspecified atom stereocenters. The van der Waals surface area contributed by atoms with Gasteiger partial charge in [-0.05, 0) is 75.7 Å². The molecule has 2 fully saturated rings. The summed E-state index contributed by atoms with van der Waals surface area (Å²) in [4.78, 5) is 9.95. The minimum atomic E-state index is -3.77. The lowest BCUT2D eigenvalue weighted by atomic mass is 9.84. The molecule has 1 N–H and O–H groups in total. The van der Waals surface area contributed by atoms with Crippen LogP contribution in [0.5, 0.6) is 0 Å². The van der Waals surface area contributed by atoms with Crippen LogP contribution in [0.4, 0.5) is 0 Å². The average Bonchev–Trinajstić information content (AvgIpc) is 3.53. The van der Waals surface area contributed by atoms with Crippen molar-refractivity contribution < 1.29 is 8.42 Å². The van der Waals surface area contributed by atoms with Gasteiger partial charge in [0.2, 0.25) is 0 Å². The van der Waals surface area contributed by atoms with Crippen LogP contribution in [-0.4, -0.2) is 40.0 Å². The first kappa shape index (κ1) is 25.7. The van der Waals surface area contributed by atoms with Crippen molar-refractivity contribution in [3.63, 3.8) is 0 Å². The Kier molecular flexibility index (Phi) is 7.26. The number of nitriles is 1. The first-order valence-corrected chi connectivity index (χ1v) is 14.3. The summed E-state index contributed by atoms with van der Waals surface area (Å²) >= 11 is 0. The van der Waals surface area contributed by atoms with Gasteiger partial charge in [-0.1, -0.05) is 18.2 Å². The summed E-state index contributed by atoms with van der Waals surface area (Å²) in [5.41, 5.74) is 2.24. The summed E-state index contributed by atoms with van der Waals surface area (Å²) in [7, 11) is -3.77. The lowest BCUT2D eigenvalue weighted by Gasteiger charge is -2.32. The number of hydrogen-bond acceptors (Lipinski definition) is 6. The van der Waals surface area contributed by atoms with Crippen molar-refractivity contribution in [2.75, 3.05) is 13.1 Å². The third kappa shape index (κ3) is 4.52. The number of nitrogens with one attached hydrogen (secondary N) is 1. The Balaban J connectivity index is 0.00000280. The molecule has 0 spiro atoms. The molecule has 1 aliphatic heterocycles. The van der Waals surface area contributed by atoms with E-state index in [1.807, 2.05) is 6.07 Å². The summed E-state index contributed by atoms with van der Waals surface area (Å²) in [6.07, 6.45) is 10.1. The van der Waals surface area contributed by atoms with Gasteiger partial charge in [-0.2, -0.15) is 5.26 Å². The molecule has 2 aliphatic rings. The Morgan fingerprint density at radius 2 is 1.76 bits per heavy atom. The van der Waals surface area contributed by atoms with Gasteiger partial charge in [0, 0.05) is 30.0 Å². The van der Waals surface area contributed by atoms with Crippen LogP contribution in [0, 0.1) is 17.2 Å². The van der Waals surface area contributed by atoms with Crippen LogP contribution >= 0.6 is 12.4 Å². The van der Waals surface area contributed by atoms with E-state index < -0.39 is 10.0 Å². The summed E-state index contributed by atoms with van der Waals surface area (Å²) in [6, 6.07) is 13.0. The molecule has 3 aromatic heterocycles. The van der Waals surface area contributed by atoms with Crippen LogP contribution in [0.3, 0.4) is 0 Å². The van der Waals surface area contributed by atoms with E-state index in [0.717, 1.165) is 73.9 Å². The van der Waals surface area contributed by atoms with Gasteiger partial charge in [-0.25, -0.2) is 22.4 Å². The molecule has 0 radical (unpaired) electrons. The average molecular weight is 539 g/mol. The van der Waals surface area contributed by atoms with Crippen LogP contribution in [0.1, 0.15) is 62.7 Å². The van der Waals surface area contributed by atoms with E-state index in [1.165, 1.54) is 3.97 Å². The molecular weight excluding hydrogens is 508 g/mol. The van der Waals surface area contributed by atoms with E-state index in [4.69, 9.17) is 10.2 Å². The van der Waals surface area contributed by atoms with Crippen molar-refractivity contribution in [3.8, 4) is 6.07 Å². The Labute approximate surface area is 223 Å². The lowest BCUT2D eigenvalue weighted by molar-refractivity contribution is 0.272. The van der Waals surface area contributed by atoms with E-state index >= 15 is 0 Å². The number of piperidine rings is 1. The molecular formula is C27H31ClN6O2S. The molecule has 1 saturated carbocycles. The Morgan fingerprint density at radius 3 is 2.46 bits per heavy atom. The SMILES string of the molecule is Cl.N#CCC1CCC(n2c(C3CCNCC3)nc3cnc4c(ccn4S(=O)(=O)c4ccccc4)c32)CC1. The highest BCUT2D eigenvalue weighted by atomic mass is 35.5. The molecule has 6 rings (SSSR count). The fourth-order valence-corrected chi connectivity index (χ4v) is 7.36. The van der Waals surface area contributed by atoms with Crippen molar-refractivity contribution >= 4 is 44.5 Å². The van der Waals surface area contributed by atoms with Crippen LogP contribution in [0.25, 0.3) is 22.1 Å². The van der Waals surface area contributed by atoms with Gasteiger partial charge in [0.25, 0.3) is 10.0 Å². The molecule has 0 atom stereocenters. The molecule has 37 heavy (non-hydrogen) atoms. The number of benzene rings is 1. The van der Waals surface area contributed by atoms with E-state index in [1.54, 1.807) is 42.7 Å². The molecule has 0 bridgehead atoms. The molecule has 4 heterocycles. The molecule has 4 aromatic rings. The van der Waals surface area contributed by atoms with Crippen molar-refractivity contribution in [1.82, 2.24) is 23.8 Å². The number of fused-ring (bicyclic) bond motifs is 3. The Hall–Kier alpha value is -2.93. The fourth-order valence-electron chi connectivity index (χ4n) is 6.04. The van der Waals surface area contributed by atoms with Crippen LogP contribution in [0.2, 0.25) is 0 Å². The largest absolute Gasteiger partial charge is 0.324 e. The highest BCUT2D eigenvalue weighted by molar-refractivity contribution is 7.90. The van der Waals surface area contributed by atoms with Gasteiger partial charge in [0.15, 0.2) is 5.65 Å². The normalized spacial score (nSPS) is 21.1. The Bertz CT molecular complexity index is 1540. The minimum absolute atomic E-state index is 0. The summed E-state index contributed by atoms with van der Waals surface area (Å²) in [5.74, 6) is 1.92. The molecule has 194 valence electrons. The van der Waals surface area contributed by atoms with Crippen LogP contribution in [-0.2, 0) is 10.0 Å². The maximum Gasteiger partial charge on any atom is 0.269 e. The first-order valence-electron chi connectivity index (χ1n) is 12.8. The van der Waals surface area contributed by atoms with E-state index in [-0.39, 0.29) is 23.3 Å². The highest BCUT2D eigenvalue weighted by Gasteiger charge is 2.31. The lowest BCUT2D eigenvalue weighted by Crippen LogP contribution is -2.29. The Morgan fingerprint density at radius 1 is 1.03 bits per heavy atom. The van der Waals surface area contributed by atoms with Gasteiger partial charge >= 0.3 is 0 Å². The topological polar surface area (TPSA) is 106 Å². The van der Waals surface area contributed by atoms with Crippen molar-refractivity contribution in [3.05, 3.63) is 54.6 Å². The standard InChI is InChI=1S/C27H30N6O2S.ClH/c28-14-10-19-6-8-21(9-7-19)33-25-23-13-17-32(36(34,35)22-4-2-1-3-5-22)27(23)30-18-24(25)31-26(33)20-11-15-29-16-12-20;/h1-5,13,17-21,29H,6-12,15-16H2;1H. The number of rotatable bonds is 5. The quantitative estimate of drug-likeness (QED) is 0.376. The van der Waals surface area contributed by atoms with E-state index in [0.29, 0.717) is 23.9 Å². The first-order chi connectivity index (χ1) is 17.6. The van der Waals surface area contributed by atoms with Gasteiger partial charge in [0.05, 0.1) is 22.7 Å². The minimum Gasteiger partial charge on any atom is -0.324 e. The fraction of sp³-hybridized carbons (Fsp3) is 0.444. The maximum atomic E-state index is 13.4. The predicted octanol–water partition coefficient (Wildman–Crippen LogP) is 5.16. The molecule has 1 aromatic carbocycles. The number of imidazole rings is 1. The zero-order valence-corrected chi connectivity index (χ0v) is 22.2. The number of halogens is 1. The van der Waals surface area contributed by atoms with Gasteiger partial charge in [0.1, 0.15) is 11.3 Å². The molecule has 8 nitrogen and oxygen atoms in total. The zero-order valence-electron chi connectivity index (χ0n) is 20.6. The monoisotopic (exact) mass is 538 g/mol. The van der Waals surface area contributed by atoms with Crippen molar-refractivity contribution in [2.45, 2.75) is 61.8 Å². The highest BCUT2D eigenvalue weighted by Crippen LogP contribution is 2.41. The van der Waals surface area contributed by atoms with Gasteiger partial charge in [-0.15, -0.1) is 12.4 Å². The van der Waals surface area contributed by atoms with Crippen molar-refractivity contribution in [2.24, 2.45) is 5.92 Å². The zero-order chi connectivity index (χ0) is 24.7. The summed E-state index contributed by atoms with van der Waals surface area (Å²) < 4.78 is 30.6. The second kappa shape index (κ2) is 10.4. The summed E-state index contributed by atoms with van der Waals surface area (Å²) in [5, 5.41) is 13.4. The van der Waals surface area contributed by atoms with Crippen LogP contribution in [0.15, 0.2) is 53.7 Å². The predicted molar refractivity (Wildman–Crippen MR) is 145 cm³/mol. The van der Waals surface area contributed by atoms with Crippen LogP contribution < -0.4 is 5.32 Å². The van der Waals surface area contributed by atoms with Crippen molar-refractivity contribution in [1.29, 1.82) is 5.26 Å². The number of nitrogens with zero attached hydrogens (tertiary/aromatic N) is 5. The van der Waals surface area contributed by atoms with Gasteiger partial charge < -0.3 is 9.88 Å². The number of aromatic nitrogens is 4. The van der Waals surface area contributed by atoms with E-state index in [2.05, 4.69) is 20.9 Å². The second-order valence-electron chi connectivity index (χ2n) is 10.1. The number of hydrogen-bond donors (Lipinski definition) is 1. The summed E-state index contributed by atoms with van der Waals surface area (Å²) in [6.45, 7) is 1.95.